The Hall–Kier alpha value is -3.48. The number of carbonyl (C=O) groups is 2. The van der Waals surface area contributed by atoms with Crippen molar-refractivity contribution >= 4 is 11.9 Å². The maximum Gasteiger partial charge on any atom is 0.334 e. The number of fused-ring (bicyclic) bond motifs is 1. The summed E-state index contributed by atoms with van der Waals surface area (Å²) in [5, 5.41) is 20.3. The van der Waals surface area contributed by atoms with E-state index in [1.807, 2.05) is 18.2 Å². The van der Waals surface area contributed by atoms with Gasteiger partial charge in [-0.25, -0.2) is 4.79 Å². The third-order valence-corrected chi connectivity index (χ3v) is 4.99. The minimum atomic E-state index is -1.42. The van der Waals surface area contributed by atoms with E-state index in [1.54, 1.807) is 34.9 Å². The summed E-state index contributed by atoms with van der Waals surface area (Å²) in [5.74, 6) is -1.47. The van der Waals surface area contributed by atoms with Crippen molar-refractivity contribution in [2.24, 2.45) is 0 Å². The molecule has 4 rings (SSSR count). The molecule has 0 saturated carbocycles. The Morgan fingerprint density at radius 3 is 2.63 bits per heavy atom. The molecule has 136 valence electrons. The van der Waals surface area contributed by atoms with E-state index >= 15 is 0 Å². The number of nitrogens with one attached hydrogen (secondary N) is 1. The number of carboxylic acids is 1. The molecule has 7 nitrogen and oxygen atoms in total. The van der Waals surface area contributed by atoms with E-state index in [0.717, 1.165) is 17.7 Å². The molecule has 0 saturated heterocycles. The molecule has 0 spiro atoms. The number of aromatic nitrogens is 3. The maximum absolute atomic E-state index is 12.9. The monoisotopic (exact) mass is 362 g/mol. The molecule has 7 heteroatoms. The molecule has 1 aliphatic carbocycles. The number of carboxylic acid groups (broad SMARTS) is 1. The maximum atomic E-state index is 12.9. The van der Waals surface area contributed by atoms with Crippen LogP contribution in [0.5, 0.6) is 0 Å². The summed E-state index contributed by atoms with van der Waals surface area (Å²) in [6, 6.07) is 14.3. The predicted octanol–water partition coefficient (Wildman–Crippen LogP) is 2.31. The van der Waals surface area contributed by atoms with Gasteiger partial charge in [0, 0.05) is 11.3 Å². The SMILES string of the molecule is O=C(NC1(C(=O)O)CCCc2ccccc21)c1cccc(-n2cnnc2)c1. The largest absolute Gasteiger partial charge is 0.479 e. The molecular formula is C20H18N4O3. The second kappa shape index (κ2) is 6.68. The molecule has 2 N–H and O–H groups in total. The Kier molecular flexibility index (Phi) is 4.19. The number of rotatable bonds is 4. The lowest BCUT2D eigenvalue weighted by atomic mass is 9.76. The van der Waals surface area contributed by atoms with Gasteiger partial charge in [0.2, 0.25) is 0 Å². The van der Waals surface area contributed by atoms with Gasteiger partial charge in [0.25, 0.3) is 5.91 Å². The number of benzene rings is 2. The van der Waals surface area contributed by atoms with Gasteiger partial charge in [-0.2, -0.15) is 0 Å². The van der Waals surface area contributed by atoms with Gasteiger partial charge in [0.05, 0.1) is 0 Å². The molecule has 1 heterocycles. The number of amides is 1. The van der Waals surface area contributed by atoms with Crippen LogP contribution in [0.3, 0.4) is 0 Å². The molecule has 1 amide bonds. The Balaban J connectivity index is 1.69. The van der Waals surface area contributed by atoms with Crippen LogP contribution in [-0.2, 0) is 16.8 Å². The molecule has 3 aromatic rings. The molecule has 0 fully saturated rings. The quantitative estimate of drug-likeness (QED) is 0.742. The Labute approximate surface area is 155 Å². The summed E-state index contributed by atoms with van der Waals surface area (Å²) in [5.41, 5.74) is 1.31. The average molecular weight is 362 g/mol. The Bertz CT molecular complexity index is 1000. The van der Waals surface area contributed by atoms with Crippen LogP contribution in [0.15, 0.2) is 61.2 Å². The van der Waals surface area contributed by atoms with E-state index in [4.69, 9.17) is 0 Å². The second-order valence-electron chi connectivity index (χ2n) is 6.59. The zero-order chi connectivity index (χ0) is 18.9. The van der Waals surface area contributed by atoms with Gasteiger partial charge in [-0.1, -0.05) is 30.3 Å². The van der Waals surface area contributed by atoms with Crippen molar-refractivity contribution in [3.63, 3.8) is 0 Å². The van der Waals surface area contributed by atoms with Crippen molar-refractivity contribution in [3.05, 3.63) is 77.9 Å². The summed E-state index contributed by atoms with van der Waals surface area (Å²) in [7, 11) is 0. The van der Waals surface area contributed by atoms with Crippen molar-refractivity contribution in [2.75, 3.05) is 0 Å². The zero-order valence-corrected chi connectivity index (χ0v) is 14.5. The lowest BCUT2D eigenvalue weighted by Crippen LogP contribution is -2.53. The highest BCUT2D eigenvalue weighted by atomic mass is 16.4. The molecule has 2 aromatic carbocycles. The van der Waals surface area contributed by atoms with Gasteiger partial charge in [-0.15, -0.1) is 10.2 Å². The number of carbonyl (C=O) groups excluding carboxylic acids is 1. The van der Waals surface area contributed by atoms with Gasteiger partial charge in [-0.3, -0.25) is 9.36 Å². The summed E-state index contributed by atoms with van der Waals surface area (Å²) >= 11 is 0. The molecule has 27 heavy (non-hydrogen) atoms. The van der Waals surface area contributed by atoms with E-state index < -0.39 is 17.4 Å². The molecular weight excluding hydrogens is 344 g/mol. The minimum absolute atomic E-state index is 0.357. The predicted molar refractivity (Wildman–Crippen MR) is 97.5 cm³/mol. The zero-order valence-electron chi connectivity index (χ0n) is 14.5. The van der Waals surface area contributed by atoms with Gasteiger partial charge in [0.1, 0.15) is 12.7 Å². The Morgan fingerprint density at radius 2 is 1.85 bits per heavy atom. The van der Waals surface area contributed by atoms with Crippen LogP contribution in [0.4, 0.5) is 0 Å². The first kappa shape index (κ1) is 17.0. The summed E-state index contributed by atoms with van der Waals surface area (Å²) in [6.07, 6.45) is 4.94. The van der Waals surface area contributed by atoms with Gasteiger partial charge in [0.15, 0.2) is 5.54 Å². The standard InChI is InChI=1S/C20H18N4O3/c25-18(15-6-3-8-16(11-15)24-12-21-22-13-24)23-20(19(26)27)10-4-7-14-5-1-2-9-17(14)20/h1-3,5-6,8-9,11-13H,4,7,10H2,(H,23,25)(H,26,27). The Morgan fingerprint density at radius 1 is 1.07 bits per heavy atom. The molecule has 0 aliphatic heterocycles. The lowest BCUT2D eigenvalue weighted by molar-refractivity contribution is -0.145. The fourth-order valence-corrected chi connectivity index (χ4v) is 3.65. The molecule has 0 radical (unpaired) electrons. The number of hydrogen-bond acceptors (Lipinski definition) is 4. The van der Waals surface area contributed by atoms with E-state index in [1.165, 1.54) is 12.7 Å². The van der Waals surface area contributed by atoms with Gasteiger partial charge in [-0.05, 0) is 48.6 Å². The van der Waals surface area contributed by atoms with Crippen LogP contribution in [0.25, 0.3) is 5.69 Å². The first-order valence-corrected chi connectivity index (χ1v) is 8.69. The summed E-state index contributed by atoms with van der Waals surface area (Å²) < 4.78 is 1.68. The van der Waals surface area contributed by atoms with E-state index in [9.17, 15) is 14.7 Å². The number of hydrogen-bond donors (Lipinski definition) is 2. The molecule has 1 aliphatic rings. The number of aliphatic carboxylic acids is 1. The van der Waals surface area contributed by atoms with E-state index in [2.05, 4.69) is 15.5 Å². The molecule has 1 unspecified atom stereocenters. The minimum Gasteiger partial charge on any atom is -0.479 e. The molecule has 1 atom stereocenters. The summed E-state index contributed by atoms with van der Waals surface area (Å²) in [6.45, 7) is 0. The third-order valence-electron chi connectivity index (χ3n) is 4.99. The van der Waals surface area contributed by atoms with E-state index in [0.29, 0.717) is 24.0 Å². The van der Waals surface area contributed by atoms with Crippen LogP contribution in [0.2, 0.25) is 0 Å². The second-order valence-corrected chi connectivity index (χ2v) is 6.59. The van der Waals surface area contributed by atoms with Crippen molar-refractivity contribution in [3.8, 4) is 5.69 Å². The average Bonchev–Trinajstić information content (AvgIpc) is 3.23. The highest BCUT2D eigenvalue weighted by Gasteiger charge is 2.45. The van der Waals surface area contributed by atoms with Crippen molar-refractivity contribution in [1.82, 2.24) is 20.1 Å². The first-order chi connectivity index (χ1) is 13.1. The van der Waals surface area contributed by atoms with Crippen molar-refractivity contribution in [1.29, 1.82) is 0 Å². The lowest BCUT2D eigenvalue weighted by Gasteiger charge is -2.36. The highest BCUT2D eigenvalue weighted by Crippen LogP contribution is 2.36. The highest BCUT2D eigenvalue weighted by molar-refractivity contribution is 5.98. The fourth-order valence-electron chi connectivity index (χ4n) is 3.65. The van der Waals surface area contributed by atoms with Crippen LogP contribution in [-0.4, -0.2) is 31.7 Å². The van der Waals surface area contributed by atoms with Gasteiger partial charge < -0.3 is 10.4 Å². The smallest absolute Gasteiger partial charge is 0.334 e. The van der Waals surface area contributed by atoms with Crippen molar-refractivity contribution < 1.29 is 14.7 Å². The van der Waals surface area contributed by atoms with Crippen LogP contribution in [0, 0.1) is 0 Å². The van der Waals surface area contributed by atoms with Gasteiger partial charge >= 0.3 is 5.97 Å². The summed E-state index contributed by atoms with van der Waals surface area (Å²) in [4.78, 5) is 25.2. The van der Waals surface area contributed by atoms with Crippen LogP contribution < -0.4 is 5.32 Å². The molecule has 0 bridgehead atoms. The van der Waals surface area contributed by atoms with Crippen molar-refractivity contribution in [2.45, 2.75) is 24.8 Å². The van der Waals surface area contributed by atoms with Crippen LogP contribution in [0.1, 0.15) is 34.3 Å². The number of aryl methyl sites for hydroxylation is 1. The fraction of sp³-hybridized carbons (Fsp3) is 0.200. The topological polar surface area (TPSA) is 97.1 Å². The molecule has 1 aromatic heterocycles. The normalized spacial score (nSPS) is 18.5. The number of nitrogens with zero attached hydrogens (tertiary/aromatic N) is 3. The van der Waals surface area contributed by atoms with E-state index in [-0.39, 0.29) is 0 Å². The first-order valence-electron chi connectivity index (χ1n) is 8.69. The van der Waals surface area contributed by atoms with Crippen LogP contribution >= 0.6 is 0 Å². The third kappa shape index (κ3) is 2.97.